The second-order valence-electron chi connectivity index (χ2n) is 4.71. The summed E-state index contributed by atoms with van der Waals surface area (Å²) in [6, 6.07) is 7.68. The van der Waals surface area contributed by atoms with Gasteiger partial charge in [-0.1, -0.05) is 30.2 Å². The lowest BCUT2D eigenvalue weighted by atomic mass is 10.0. The number of carbonyl (C=O) groups is 1. The van der Waals surface area contributed by atoms with E-state index in [0.29, 0.717) is 19.1 Å². The van der Waals surface area contributed by atoms with Gasteiger partial charge >= 0.3 is 5.97 Å². The molecule has 3 heteroatoms. The van der Waals surface area contributed by atoms with Crippen molar-refractivity contribution in [2.45, 2.75) is 31.7 Å². The van der Waals surface area contributed by atoms with E-state index < -0.39 is 6.04 Å². The van der Waals surface area contributed by atoms with Gasteiger partial charge in [0.25, 0.3) is 0 Å². The van der Waals surface area contributed by atoms with E-state index in [1.807, 2.05) is 12.1 Å². The number of esters is 1. The first-order chi connectivity index (χ1) is 9.26. The zero-order valence-electron chi connectivity index (χ0n) is 11.2. The number of benzene rings is 1. The van der Waals surface area contributed by atoms with E-state index in [-0.39, 0.29) is 5.97 Å². The van der Waals surface area contributed by atoms with Gasteiger partial charge in [0.05, 0.1) is 13.2 Å². The van der Waals surface area contributed by atoms with Crippen LogP contribution in [-0.2, 0) is 9.53 Å². The predicted molar refractivity (Wildman–Crippen MR) is 74.6 cm³/mol. The first-order valence-corrected chi connectivity index (χ1v) is 6.69. The van der Waals surface area contributed by atoms with Crippen molar-refractivity contribution >= 4 is 5.97 Å². The zero-order chi connectivity index (χ0) is 13.7. The van der Waals surface area contributed by atoms with Gasteiger partial charge in [0, 0.05) is 0 Å². The van der Waals surface area contributed by atoms with E-state index in [0.717, 1.165) is 5.56 Å². The summed E-state index contributed by atoms with van der Waals surface area (Å²) in [5.74, 6) is 2.92. The summed E-state index contributed by atoms with van der Waals surface area (Å²) in [6.07, 6.45) is 7.78. The van der Waals surface area contributed by atoms with Gasteiger partial charge in [-0.3, -0.25) is 5.32 Å². The standard InChI is InChI=1S/C16H19NO2/c1-3-11-17-15(16(18)19-4-2)14-9-7-13(8-10-14)12-5-6-12/h1,7-10,12,15,17H,4-6,11H2,2H3. The highest BCUT2D eigenvalue weighted by atomic mass is 16.5. The third kappa shape index (κ3) is 3.59. The molecule has 0 aromatic heterocycles. The van der Waals surface area contributed by atoms with Crippen LogP contribution < -0.4 is 5.32 Å². The van der Waals surface area contributed by atoms with Crippen LogP contribution in [0.1, 0.15) is 42.9 Å². The molecule has 1 aromatic rings. The average molecular weight is 257 g/mol. The summed E-state index contributed by atoms with van der Waals surface area (Å²) in [5.41, 5.74) is 2.25. The molecule has 1 unspecified atom stereocenters. The number of hydrogen-bond donors (Lipinski definition) is 1. The fourth-order valence-corrected chi connectivity index (χ4v) is 2.10. The highest BCUT2D eigenvalue weighted by molar-refractivity contribution is 5.77. The minimum atomic E-state index is -0.482. The van der Waals surface area contributed by atoms with Crippen molar-refractivity contribution in [3.63, 3.8) is 0 Å². The van der Waals surface area contributed by atoms with Gasteiger partial charge in [-0.2, -0.15) is 0 Å². The Morgan fingerprint density at radius 1 is 1.47 bits per heavy atom. The maximum atomic E-state index is 11.9. The van der Waals surface area contributed by atoms with Crippen LogP contribution in [0.5, 0.6) is 0 Å². The van der Waals surface area contributed by atoms with Gasteiger partial charge in [-0.05, 0) is 36.8 Å². The molecule has 3 nitrogen and oxygen atoms in total. The minimum absolute atomic E-state index is 0.281. The van der Waals surface area contributed by atoms with E-state index in [4.69, 9.17) is 11.2 Å². The van der Waals surface area contributed by atoms with E-state index >= 15 is 0 Å². The first-order valence-electron chi connectivity index (χ1n) is 6.69. The van der Waals surface area contributed by atoms with Crippen molar-refractivity contribution in [1.29, 1.82) is 0 Å². The third-order valence-electron chi connectivity index (χ3n) is 3.25. The van der Waals surface area contributed by atoms with Crippen molar-refractivity contribution in [3.05, 3.63) is 35.4 Å². The number of carbonyl (C=O) groups excluding carboxylic acids is 1. The van der Waals surface area contributed by atoms with Crippen molar-refractivity contribution in [1.82, 2.24) is 5.32 Å². The van der Waals surface area contributed by atoms with Gasteiger partial charge in [0.15, 0.2) is 0 Å². The lowest BCUT2D eigenvalue weighted by Gasteiger charge is -2.16. The van der Waals surface area contributed by atoms with Crippen LogP contribution in [0, 0.1) is 12.3 Å². The Morgan fingerprint density at radius 2 is 2.16 bits per heavy atom. The molecule has 0 saturated heterocycles. The monoisotopic (exact) mass is 257 g/mol. The molecule has 1 N–H and O–H groups in total. The molecule has 2 rings (SSSR count). The number of ether oxygens (including phenoxy) is 1. The summed E-state index contributed by atoms with van der Waals surface area (Å²) in [7, 11) is 0. The minimum Gasteiger partial charge on any atom is -0.465 e. The Kier molecular flexibility index (Phi) is 4.59. The SMILES string of the molecule is C#CCNC(C(=O)OCC)c1ccc(C2CC2)cc1. The Hall–Kier alpha value is -1.79. The second kappa shape index (κ2) is 6.40. The maximum Gasteiger partial charge on any atom is 0.327 e. The highest BCUT2D eigenvalue weighted by Gasteiger charge is 2.25. The number of nitrogens with one attached hydrogen (secondary N) is 1. The van der Waals surface area contributed by atoms with Gasteiger partial charge < -0.3 is 4.74 Å². The van der Waals surface area contributed by atoms with Crippen molar-refractivity contribution in [3.8, 4) is 12.3 Å². The molecular formula is C16H19NO2. The molecule has 0 heterocycles. The van der Waals surface area contributed by atoms with Crippen molar-refractivity contribution < 1.29 is 9.53 Å². The van der Waals surface area contributed by atoms with Gasteiger partial charge in [0.1, 0.15) is 6.04 Å². The Labute approximate surface area is 114 Å². The maximum absolute atomic E-state index is 11.9. The molecule has 100 valence electrons. The summed E-state index contributed by atoms with van der Waals surface area (Å²) in [5, 5.41) is 3.02. The molecule has 19 heavy (non-hydrogen) atoms. The lowest BCUT2D eigenvalue weighted by Crippen LogP contribution is -2.30. The Bertz CT molecular complexity index is 469. The molecule has 0 radical (unpaired) electrons. The van der Waals surface area contributed by atoms with Crippen LogP contribution in [0.25, 0.3) is 0 Å². The Balaban J connectivity index is 2.11. The number of terminal acetylenes is 1. The summed E-state index contributed by atoms with van der Waals surface area (Å²) in [6.45, 7) is 2.51. The van der Waals surface area contributed by atoms with Crippen LogP contribution in [0.4, 0.5) is 0 Å². The molecule has 0 bridgehead atoms. The molecule has 1 saturated carbocycles. The zero-order valence-corrected chi connectivity index (χ0v) is 11.2. The topological polar surface area (TPSA) is 38.3 Å². The Morgan fingerprint density at radius 3 is 2.68 bits per heavy atom. The fourth-order valence-electron chi connectivity index (χ4n) is 2.10. The lowest BCUT2D eigenvalue weighted by molar-refractivity contribution is -0.145. The molecule has 0 spiro atoms. The molecule has 1 aliphatic carbocycles. The van der Waals surface area contributed by atoms with Crippen LogP contribution in [-0.4, -0.2) is 19.1 Å². The van der Waals surface area contributed by atoms with E-state index in [1.165, 1.54) is 18.4 Å². The van der Waals surface area contributed by atoms with E-state index in [1.54, 1.807) is 6.92 Å². The fraction of sp³-hybridized carbons (Fsp3) is 0.438. The summed E-state index contributed by atoms with van der Waals surface area (Å²) >= 11 is 0. The van der Waals surface area contributed by atoms with Crippen LogP contribution in [0.15, 0.2) is 24.3 Å². The normalized spacial score (nSPS) is 15.6. The second-order valence-corrected chi connectivity index (χ2v) is 4.71. The quantitative estimate of drug-likeness (QED) is 0.628. The van der Waals surface area contributed by atoms with Crippen molar-refractivity contribution in [2.75, 3.05) is 13.2 Å². The molecule has 1 aliphatic rings. The average Bonchev–Trinajstić information content (AvgIpc) is 3.25. The van der Waals surface area contributed by atoms with E-state index in [2.05, 4.69) is 23.4 Å². The largest absolute Gasteiger partial charge is 0.465 e. The van der Waals surface area contributed by atoms with Crippen LogP contribution in [0.2, 0.25) is 0 Å². The van der Waals surface area contributed by atoms with Gasteiger partial charge in [0.2, 0.25) is 0 Å². The molecule has 0 aliphatic heterocycles. The van der Waals surface area contributed by atoms with Crippen LogP contribution in [0.3, 0.4) is 0 Å². The molecule has 1 atom stereocenters. The van der Waals surface area contributed by atoms with Gasteiger partial charge in [-0.15, -0.1) is 6.42 Å². The van der Waals surface area contributed by atoms with Gasteiger partial charge in [-0.25, -0.2) is 4.79 Å². The highest BCUT2D eigenvalue weighted by Crippen LogP contribution is 2.40. The molecule has 1 fully saturated rings. The summed E-state index contributed by atoms with van der Waals surface area (Å²) in [4.78, 5) is 11.9. The molecule has 0 amide bonds. The van der Waals surface area contributed by atoms with Crippen molar-refractivity contribution in [2.24, 2.45) is 0 Å². The predicted octanol–water partition coefficient (Wildman–Crippen LogP) is 2.39. The number of rotatable bonds is 6. The first kappa shape index (κ1) is 13.6. The summed E-state index contributed by atoms with van der Waals surface area (Å²) < 4.78 is 5.08. The number of hydrogen-bond acceptors (Lipinski definition) is 3. The van der Waals surface area contributed by atoms with Crippen LogP contribution >= 0.6 is 0 Å². The molecule has 1 aromatic carbocycles. The molecular weight excluding hydrogens is 238 g/mol. The third-order valence-corrected chi connectivity index (χ3v) is 3.25. The van der Waals surface area contributed by atoms with E-state index in [9.17, 15) is 4.79 Å². The smallest absolute Gasteiger partial charge is 0.327 e.